The lowest BCUT2D eigenvalue weighted by Crippen LogP contribution is -3.00. The molecule has 0 aliphatic rings. The fourth-order valence-electron chi connectivity index (χ4n) is 4.88. The second-order valence-electron chi connectivity index (χ2n) is 8.93. The van der Waals surface area contributed by atoms with Crippen molar-refractivity contribution >= 4 is 23.2 Å². The molecule has 38 heavy (non-hydrogen) atoms. The molecule has 1 nitrogen and oxygen atoms in total. The summed E-state index contributed by atoms with van der Waals surface area (Å²) >= 11 is 0. The highest BCUT2D eigenvalue weighted by Crippen LogP contribution is 2.61. The Hall–Kier alpha value is -2.92. The Labute approximate surface area is 240 Å². The second-order valence-corrected chi connectivity index (χ2v) is 12.5. The second kappa shape index (κ2) is 13.2. The van der Waals surface area contributed by atoms with E-state index in [2.05, 4.69) is 72.8 Å². The molecule has 5 rings (SSSR count). The fourth-order valence-corrected chi connectivity index (χ4v) is 9.48. The Morgan fingerprint density at radius 2 is 0.974 bits per heavy atom. The standard InChI is InChI=1S/C33H28F2OP.HI/c34-31-22-21-27(23-32(31)35)24-33(36-25-26-13-5-1-6-14-26)37(28-15-7-2-8-16-28,29-17-9-3-10-18-29)30-19-11-4-12-20-30;/h1-23,33H,24-25H2;1H/q+1;/p-1. The lowest BCUT2D eigenvalue weighted by Gasteiger charge is -2.34. The van der Waals surface area contributed by atoms with E-state index in [9.17, 15) is 8.78 Å². The molecule has 0 radical (unpaired) electrons. The third kappa shape index (κ3) is 6.04. The van der Waals surface area contributed by atoms with Crippen LogP contribution in [0.25, 0.3) is 0 Å². The first kappa shape index (κ1) is 28.1. The minimum absolute atomic E-state index is 0. The minimum Gasteiger partial charge on any atom is -1.00 e. The van der Waals surface area contributed by atoms with Gasteiger partial charge in [0.2, 0.25) is 0 Å². The van der Waals surface area contributed by atoms with Crippen LogP contribution in [-0.2, 0) is 17.8 Å². The molecule has 0 N–H and O–H groups in total. The van der Waals surface area contributed by atoms with Crippen LogP contribution in [0, 0.1) is 11.6 Å². The Morgan fingerprint density at radius 3 is 1.42 bits per heavy atom. The summed E-state index contributed by atoms with van der Waals surface area (Å²) in [5, 5.41) is 3.52. The van der Waals surface area contributed by atoms with Gasteiger partial charge in [-0.3, -0.25) is 0 Å². The summed E-state index contributed by atoms with van der Waals surface area (Å²) in [6.45, 7) is 0.406. The summed E-state index contributed by atoms with van der Waals surface area (Å²) in [5.41, 5.74) is 1.76. The molecule has 5 aromatic carbocycles. The average molecular weight is 636 g/mol. The molecular formula is C33H28F2IOP. The highest BCUT2D eigenvalue weighted by atomic mass is 127. The van der Waals surface area contributed by atoms with Crippen LogP contribution in [0.3, 0.4) is 0 Å². The molecular weight excluding hydrogens is 608 g/mol. The van der Waals surface area contributed by atoms with Crippen LogP contribution >= 0.6 is 7.26 Å². The van der Waals surface area contributed by atoms with E-state index < -0.39 is 18.9 Å². The molecule has 0 heterocycles. The number of benzene rings is 5. The number of rotatable bonds is 9. The first-order valence-electron chi connectivity index (χ1n) is 12.3. The Morgan fingerprint density at radius 1 is 0.526 bits per heavy atom. The Bertz CT molecular complexity index is 1320. The summed E-state index contributed by atoms with van der Waals surface area (Å²) in [6.07, 6.45) is 0.427. The fraction of sp³-hybridized carbons (Fsp3) is 0.0909. The van der Waals surface area contributed by atoms with Crippen molar-refractivity contribution in [2.75, 3.05) is 0 Å². The molecule has 1 atom stereocenters. The molecule has 0 bridgehead atoms. The molecule has 1 unspecified atom stereocenters. The van der Waals surface area contributed by atoms with E-state index in [4.69, 9.17) is 4.74 Å². The normalized spacial score (nSPS) is 11.9. The number of ether oxygens (including phenoxy) is 1. The van der Waals surface area contributed by atoms with Crippen molar-refractivity contribution in [3.05, 3.63) is 162 Å². The first-order chi connectivity index (χ1) is 18.2. The van der Waals surface area contributed by atoms with Crippen LogP contribution in [-0.4, -0.2) is 5.85 Å². The van der Waals surface area contributed by atoms with Gasteiger partial charge in [0.15, 0.2) is 17.5 Å². The zero-order valence-electron chi connectivity index (χ0n) is 20.8. The van der Waals surface area contributed by atoms with Gasteiger partial charge in [0, 0.05) is 6.42 Å². The van der Waals surface area contributed by atoms with Gasteiger partial charge in [0.05, 0.1) is 6.61 Å². The Kier molecular flexibility index (Phi) is 9.79. The number of halogens is 3. The maximum atomic E-state index is 14.3. The summed E-state index contributed by atoms with van der Waals surface area (Å²) in [5.74, 6) is -2.02. The van der Waals surface area contributed by atoms with Crippen molar-refractivity contribution in [2.24, 2.45) is 0 Å². The van der Waals surface area contributed by atoms with Gasteiger partial charge >= 0.3 is 0 Å². The van der Waals surface area contributed by atoms with Crippen LogP contribution in [0.1, 0.15) is 11.1 Å². The average Bonchev–Trinajstić information content (AvgIpc) is 2.96. The summed E-state index contributed by atoms with van der Waals surface area (Å²) in [7, 11) is -2.43. The van der Waals surface area contributed by atoms with Gasteiger partial charge in [-0.25, -0.2) is 8.78 Å². The van der Waals surface area contributed by atoms with E-state index >= 15 is 0 Å². The topological polar surface area (TPSA) is 9.23 Å². The SMILES string of the molecule is Fc1ccc(CC(OCc2ccccc2)[P+](c2ccccc2)(c2ccccc2)c2ccccc2)cc1F.[I-]. The summed E-state index contributed by atoms with van der Waals surface area (Å²) in [4.78, 5) is 0. The zero-order chi connectivity index (χ0) is 25.5. The van der Waals surface area contributed by atoms with Gasteiger partial charge in [-0.15, -0.1) is 0 Å². The van der Waals surface area contributed by atoms with Crippen LogP contribution < -0.4 is 39.9 Å². The molecule has 0 saturated carbocycles. The smallest absolute Gasteiger partial charge is 0.185 e. The third-order valence-corrected chi connectivity index (χ3v) is 11.1. The van der Waals surface area contributed by atoms with Gasteiger partial charge in [0.25, 0.3) is 0 Å². The molecule has 0 saturated heterocycles. The van der Waals surface area contributed by atoms with Crippen molar-refractivity contribution in [1.82, 2.24) is 0 Å². The van der Waals surface area contributed by atoms with Crippen LogP contribution in [0.15, 0.2) is 140 Å². The van der Waals surface area contributed by atoms with E-state index in [0.29, 0.717) is 18.6 Å². The van der Waals surface area contributed by atoms with E-state index in [0.717, 1.165) is 5.56 Å². The maximum Gasteiger partial charge on any atom is 0.185 e. The Balaban J connectivity index is 0.00000336. The van der Waals surface area contributed by atoms with Crippen LogP contribution in [0.2, 0.25) is 0 Å². The number of hydrogen-bond acceptors (Lipinski definition) is 1. The van der Waals surface area contributed by atoms with Gasteiger partial charge < -0.3 is 28.7 Å². The molecule has 0 aliphatic heterocycles. The monoisotopic (exact) mass is 636 g/mol. The van der Waals surface area contributed by atoms with Gasteiger partial charge in [-0.1, -0.05) is 91.0 Å². The number of hydrogen-bond donors (Lipinski definition) is 0. The molecule has 5 heteroatoms. The molecule has 0 aromatic heterocycles. The van der Waals surface area contributed by atoms with Crippen molar-refractivity contribution in [3.8, 4) is 0 Å². The molecule has 5 aromatic rings. The zero-order valence-corrected chi connectivity index (χ0v) is 23.8. The first-order valence-corrected chi connectivity index (χ1v) is 14.2. The van der Waals surface area contributed by atoms with Crippen molar-refractivity contribution < 1.29 is 37.5 Å². The quantitative estimate of drug-likeness (QED) is 0.176. The lowest BCUT2D eigenvalue weighted by molar-refractivity contribution is -0.00000908. The van der Waals surface area contributed by atoms with E-state index in [1.54, 1.807) is 6.07 Å². The molecule has 0 aliphatic carbocycles. The van der Waals surface area contributed by atoms with Crippen LogP contribution in [0.5, 0.6) is 0 Å². The lowest BCUT2D eigenvalue weighted by atomic mass is 10.1. The molecule has 0 fully saturated rings. The molecule has 0 amide bonds. The van der Waals surface area contributed by atoms with Gasteiger partial charge in [0.1, 0.15) is 23.2 Å². The van der Waals surface area contributed by atoms with Crippen LogP contribution in [0.4, 0.5) is 8.78 Å². The summed E-state index contributed by atoms with van der Waals surface area (Å²) in [6, 6.07) is 45.6. The van der Waals surface area contributed by atoms with E-state index in [1.165, 1.54) is 28.0 Å². The highest BCUT2D eigenvalue weighted by Gasteiger charge is 2.53. The summed E-state index contributed by atoms with van der Waals surface area (Å²) < 4.78 is 35.0. The minimum atomic E-state index is -2.43. The molecule has 0 spiro atoms. The van der Waals surface area contributed by atoms with Crippen molar-refractivity contribution in [1.29, 1.82) is 0 Å². The molecule has 192 valence electrons. The largest absolute Gasteiger partial charge is 1.00 e. The van der Waals surface area contributed by atoms with Gasteiger partial charge in [-0.05, 0) is 59.7 Å². The maximum absolute atomic E-state index is 14.3. The predicted octanol–water partition coefficient (Wildman–Crippen LogP) is 4.05. The highest BCUT2D eigenvalue weighted by molar-refractivity contribution is 7.96. The van der Waals surface area contributed by atoms with Gasteiger partial charge in [-0.2, -0.15) is 0 Å². The van der Waals surface area contributed by atoms with Crippen molar-refractivity contribution in [2.45, 2.75) is 18.9 Å². The van der Waals surface area contributed by atoms with E-state index in [1.807, 2.05) is 48.5 Å². The third-order valence-electron chi connectivity index (χ3n) is 6.60. The predicted molar refractivity (Wildman–Crippen MR) is 150 cm³/mol. The van der Waals surface area contributed by atoms with Crippen molar-refractivity contribution in [3.63, 3.8) is 0 Å². The van der Waals surface area contributed by atoms with E-state index in [-0.39, 0.29) is 29.8 Å².